The maximum atomic E-state index is 15.3. The lowest BCUT2D eigenvalue weighted by Crippen LogP contribution is -2.40. The highest BCUT2D eigenvalue weighted by Gasteiger charge is 2.39. The van der Waals surface area contributed by atoms with Crippen LogP contribution in [0.2, 0.25) is 0 Å². The summed E-state index contributed by atoms with van der Waals surface area (Å²) in [5, 5.41) is 9.14. The van der Waals surface area contributed by atoms with Crippen molar-refractivity contribution >= 4 is 16.6 Å². The van der Waals surface area contributed by atoms with E-state index < -0.39 is 17.1 Å². The largest absolute Gasteiger partial charge is 0.492 e. The summed E-state index contributed by atoms with van der Waals surface area (Å²) in [5.74, 6) is -0.271. The highest BCUT2D eigenvalue weighted by Crippen LogP contribution is 2.43. The molecule has 0 spiro atoms. The second-order valence-electron chi connectivity index (χ2n) is 8.76. The smallest absolute Gasteiger partial charge is 0.329 e. The molecule has 9 heteroatoms. The second kappa shape index (κ2) is 7.68. The minimum absolute atomic E-state index is 0.00160. The third-order valence-corrected chi connectivity index (χ3v) is 6.67. The van der Waals surface area contributed by atoms with Crippen molar-refractivity contribution in [2.75, 3.05) is 31.6 Å². The number of halogens is 1. The molecule has 1 aliphatic heterocycles. The maximum absolute atomic E-state index is 15.3. The van der Waals surface area contributed by atoms with Gasteiger partial charge >= 0.3 is 5.69 Å². The van der Waals surface area contributed by atoms with Gasteiger partial charge in [-0.15, -0.1) is 0 Å². The van der Waals surface area contributed by atoms with Crippen LogP contribution < -0.4 is 20.9 Å². The van der Waals surface area contributed by atoms with Gasteiger partial charge in [0.2, 0.25) is 0 Å². The molecule has 2 aliphatic carbocycles. The molecule has 1 unspecified atom stereocenters. The zero-order chi connectivity index (χ0) is 21.7. The predicted molar refractivity (Wildman–Crippen MR) is 114 cm³/mol. The van der Waals surface area contributed by atoms with Crippen molar-refractivity contribution in [2.24, 2.45) is 0 Å². The molecule has 5 rings (SSSR count). The Morgan fingerprint density at radius 3 is 2.68 bits per heavy atom. The number of hydrogen-bond donors (Lipinski definition) is 1. The van der Waals surface area contributed by atoms with E-state index in [9.17, 15) is 9.59 Å². The van der Waals surface area contributed by atoms with Gasteiger partial charge in [0.15, 0.2) is 11.6 Å². The average Bonchev–Trinajstić information content (AvgIpc) is 3.67. The minimum Gasteiger partial charge on any atom is -0.492 e. The monoisotopic (exact) mass is 427 g/mol. The summed E-state index contributed by atoms with van der Waals surface area (Å²) in [7, 11) is 1.46. The summed E-state index contributed by atoms with van der Waals surface area (Å²) in [6, 6.07) is 4.21. The number of nitrogens with one attached hydrogen (secondary N) is 1. The van der Waals surface area contributed by atoms with Gasteiger partial charge in [-0.05, 0) is 38.2 Å². The number of H-pyrrole nitrogens is 1. The lowest BCUT2D eigenvalue weighted by Gasteiger charge is -2.29. The predicted octanol–water partition coefficient (Wildman–Crippen LogP) is 2.13. The molecule has 1 aromatic heterocycles. The Morgan fingerprint density at radius 2 is 2.03 bits per heavy atom. The van der Waals surface area contributed by atoms with Crippen molar-refractivity contribution < 1.29 is 9.13 Å². The van der Waals surface area contributed by atoms with Crippen LogP contribution in [0.15, 0.2) is 15.7 Å². The molecule has 2 saturated carbocycles. The molecule has 1 saturated heterocycles. The van der Waals surface area contributed by atoms with Crippen molar-refractivity contribution in [3.8, 4) is 11.8 Å². The Bertz CT molecular complexity index is 1170. The van der Waals surface area contributed by atoms with Crippen LogP contribution in [0.1, 0.15) is 44.6 Å². The van der Waals surface area contributed by atoms with E-state index in [-0.39, 0.29) is 23.2 Å². The lowest BCUT2D eigenvalue weighted by atomic mass is 10.1. The highest BCUT2D eigenvalue weighted by molar-refractivity contribution is 5.91. The Morgan fingerprint density at radius 1 is 1.26 bits per heavy atom. The van der Waals surface area contributed by atoms with E-state index in [1.54, 1.807) is 4.57 Å². The number of nitriles is 1. The van der Waals surface area contributed by atoms with Crippen molar-refractivity contribution in [1.29, 1.82) is 5.26 Å². The molecule has 0 radical (unpaired) electrons. The van der Waals surface area contributed by atoms with E-state index in [0.29, 0.717) is 36.8 Å². The number of benzene rings is 1. The van der Waals surface area contributed by atoms with Crippen LogP contribution in [0.5, 0.6) is 5.75 Å². The van der Waals surface area contributed by atoms with Crippen LogP contribution >= 0.6 is 0 Å². The van der Waals surface area contributed by atoms with E-state index >= 15 is 4.39 Å². The molecule has 31 heavy (non-hydrogen) atoms. The van der Waals surface area contributed by atoms with Crippen molar-refractivity contribution in [3.63, 3.8) is 0 Å². The van der Waals surface area contributed by atoms with Gasteiger partial charge in [-0.1, -0.05) is 0 Å². The molecule has 2 aromatic rings. The zero-order valence-electron chi connectivity index (χ0n) is 17.6. The van der Waals surface area contributed by atoms with Crippen LogP contribution in [-0.4, -0.2) is 53.3 Å². The van der Waals surface area contributed by atoms with Gasteiger partial charge in [0.25, 0.3) is 5.56 Å². The number of nitrogens with zero attached hydrogens (tertiary/aromatic N) is 4. The van der Waals surface area contributed by atoms with Gasteiger partial charge in [-0.2, -0.15) is 5.26 Å². The maximum Gasteiger partial charge on any atom is 0.329 e. The fraction of sp³-hybridized carbons (Fsp3) is 0.591. The zero-order valence-corrected chi connectivity index (χ0v) is 17.6. The SMILES string of the molecule is COc1c(N2CCC(N(CCC#N)C3CC3)C2)c(F)cc2c(=O)[nH]c(=O)n(C3CC3)c12. The highest BCUT2D eigenvalue weighted by atomic mass is 19.1. The standard InChI is InChI=1S/C22H26FN5O3/c1-31-20-18-16(21(29)25-22(30)28(18)14-5-6-14)11-17(23)19(20)26-10-7-15(12-26)27(9-2-8-24)13-3-4-13/h11,13-15H,2-7,9-10,12H2,1H3,(H,25,29,30). The molecular formula is C22H26FN5O3. The first-order chi connectivity index (χ1) is 15.0. The third-order valence-electron chi connectivity index (χ3n) is 6.67. The molecule has 164 valence electrons. The van der Waals surface area contributed by atoms with Crippen LogP contribution in [0.25, 0.3) is 10.9 Å². The number of ether oxygens (including phenoxy) is 1. The van der Waals surface area contributed by atoms with E-state index in [1.165, 1.54) is 13.2 Å². The molecule has 1 atom stereocenters. The van der Waals surface area contributed by atoms with Gasteiger partial charge < -0.3 is 9.64 Å². The van der Waals surface area contributed by atoms with Crippen LogP contribution in [0, 0.1) is 17.1 Å². The first kappa shape index (κ1) is 20.1. The number of fused-ring (bicyclic) bond motifs is 1. The number of rotatable bonds is 7. The Labute approximate surface area is 178 Å². The number of hydrogen-bond acceptors (Lipinski definition) is 6. The number of aromatic nitrogens is 2. The third kappa shape index (κ3) is 3.49. The van der Waals surface area contributed by atoms with Crippen molar-refractivity contribution in [1.82, 2.24) is 14.5 Å². The van der Waals surface area contributed by atoms with E-state index in [4.69, 9.17) is 10.00 Å². The Kier molecular flexibility index (Phi) is 4.97. The van der Waals surface area contributed by atoms with E-state index in [1.807, 2.05) is 4.90 Å². The molecule has 8 nitrogen and oxygen atoms in total. The second-order valence-corrected chi connectivity index (χ2v) is 8.76. The summed E-state index contributed by atoms with van der Waals surface area (Å²) < 4.78 is 22.5. The minimum atomic E-state index is -0.601. The topological polar surface area (TPSA) is 94.4 Å². The quantitative estimate of drug-likeness (QED) is 0.728. The summed E-state index contributed by atoms with van der Waals surface area (Å²) in [5.41, 5.74) is -0.391. The summed E-state index contributed by atoms with van der Waals surface area (Å²) in [6.07, 6.45) is 5.33. The van der Waals surface area contributed by atoms with Gasteiger partial charge in [0, 0.05) is 44.2 Å². The Hall–Kier alpha value is -2.86. The van der Waals surface area contributed by atoms with Crippen LogP contribution in [0.3, 0.4) is 0 Å². The molecule has 3 aliphatic rings. The molecule has 3 fully saturated rings. The number of aromatic amines is 1. The van der Waals surface area contributed by atoms with Gasteiger partial charge in [0.1, 0.15) is 11.2 Å². The molecule has 0 bridgehead atoms. The molecule has 0 amide bonds. The first-order valence-corrected chi connectivity index (χ1v) is 11.0. The number of anilines is 1. The summed E-state index contributed by atoms with van der Waals surface area (Å²) in [4.78, 5) is 31.7. The van der Waals surface area contributed by atoms with Crippen LogP contribution in [-0.2, 0) is 0 Å². The van der Waals surface area contributed by atoms with E-state index in [2.05, 4.69) is 16.0 Å². The van der Waals surface area contributed by atoms with Crippen molar-refractivity contribution in [2.45, 2.75) is 56.7 Å². The summed E-state index contributed by atoms with van der Waals surface area (Å²) >= 11 is 0. The van der Waals surface area contributed by atoms with Gasteiger partial charge in [0.05, 0.1) is 18.6 Å². The molecule has 1 N–H and O–H groups in total. The summed E-state index contributed by atoms with van der Waals surface area (Å²) in [6.45, 7) is 2.00. The fourth-order valence-corrected chi connectivity index (χ4v) is 4.98. The number of methoxy groups -OCH3 is 1. The Balaban J connectivity index is 1.57. The normalized spacial score (nSPS) is 21.1. The molecule has 1 aromatic carbocycles. The van der Waals surface area contributed by atoms with Crippen LogP contribution in [0.4, 0.5) is 10.1 Å². The van der Waals surface area contributed by atoms with E-state index in [0.717, 1.165) is 38.6 Å². The van der Waals surface area contributed by atoms with Gasteiger partial charge in [-0.25, -0.2) is 9.18 Å². The van der Waals surface area contributed by atoms with Gasteiger partial charge in [-0.3, -0.25) is 19.2 Å². The molecule has 2 heterocycles. The lowest BCUT2D eigenvalue weighted by molar-refractivity contribution is 0.204. The molecular weight excluding hydrogens is 401 g/mol. The average molecular weight is 427 g/mol. The van der Waals surface area contributed by atoms with Crippen molar-refractivity contribution in [3.05, 3.63) is 32.7 Å². The fourth-order valence-electron chi connectivity index (χ4n) is 4.98. The first-order valence-electron chi connectivity index (χ1n) is 11.0.